The first-order valence-electron chi connectivity index (χ1n) is 3.44. The van der Waals surface area contributed by atoms with Gasteiger partial charge in [-0.2, -0.15) is 5.26 Å². The van der Waals surface area contributed by atoms with E-state index < -0.39 is 18.0 Å². The van der Waals surface area contributed by atoms with E-state index in [-0.39, 0.29) is 6.61 Å². The van der Waals surface area contributed by atoms with Gasteiger partial charge < -0.3 is 9.84 Å². The fraction of sp³-hybridized carbons (Fsp3) is 0.429. The molecule has 0 amide bonds. The van der Waals surface area contributed by atoms with Crippen molar-refractivity contribution < 1.29 is 29.6 Å². The Morgan fingerprint density at radius 3 is 2.38 bits per heavy atom. The van der Waals surface area contributed by atoms with Crippen LogP contribution in [0, 0.1) is 0 Å². The molecule has 1 atom stereocenters. The van der Waals surface area contributed by atoms with Crippen molar-refractivity contribution in [2.24, 2.45) is 0 Å². The third-order valence-corrected chi connectivity index (χ3v) is 0.912. The fourth-order valence-electron chi connectivity index (χ4n) is 0.417. The number of hydrogen-bond acceptors (Lipinski definition) is 6. The van der Waals surface area contributed by atoms with E-state index in [4.69, 9.17) is 10.4 Å². The number of aliphatic hydroxyl groups excluding tert-OH is 1. The molecule has 6 heteroatoms. The topological polar surface area (TPSA) is 93.1 Å². The molecule has 0 fully saturated rings. The van der Waals surface area contributed by atoms with E-state index in [9.17, 15) is 9.59 Å². The molecule has 0 saturated heterocycles. The number of rotatable bonds is 4. The number of carbonyl (C=O) groups is 2. The van der Waals surface area contributed by atoms with Crippen LogP contribution in [0.15, 0.2) is 12.2 Å². The summed E-state index contributed by atoms with van der Waals surface area (Å²) >= 11 is 0. The summed E-state index contributed by atoms with van der Waals surface area (Å²) in [6, 6.07) is 0. The lowest BCUT2D eigenvalue weighted by Gasteiger charge is -2.02. The van der Waals surface area contributed by atoms with Crippen LogP contribution in [-0.4, -0.2) is 35.0 Å². The molecule has 0 aromatic rings. The van der Waals surface area contributed by atoms with Crippen LogP contribution in [0.1, 0.15) is 6.92 Å². The van der Waals surface area contributed by atoms with Crippen molar-refractivity contribution in [2.45, 2.75) is 13.0 Å². The van der Waals surface area contributed by atoms with Gasteiger partial charge in [-0.15, -0.1) is 0 Å². The van der Waals surface area contributed by atoms with E-state index >= 15 is 0 Å². The summed E-state index contributed by atoms with van der Waals surface area (Å²) in [5.74, 6) is -1.87. The Hall–Kier alpha value is -1.40. The summed E-state index contributed by atoms with van der Waals surface area (Å²) in [7, 11) is 0. The monoisotopic (exact) mass is 190 g/mol. The Morgan fingerprint density at radius 2 is 1.92 bits per heavy atom. The van der Waals surface area contributed by atoms with Gasteiger partial charge in [0.05, 0.1) is 6.10 Å². The zero-order valence-corrected chi connectivity index (χ0v) is 6.97. The van der Waals surface area contributed by atoms with Crippen LogP contribution in [0.2, 0.25) is 0 Å². The third-order valence-electron chi connectivity index (χ3n) is 0.912. The molecule has 0 aliphatic carbocycles. The maximum Gasteiger partial charge on any atom is 0.365 e. The highest BCUT2D eigenvalue weighted by molar-refractivity contribution is 5.91. The number of ether oxygens (including phenoxy) is 1. The van der Waals surface area contributed by atoms with Crippen molar-refractivity contribution in [1.29, 1.82) is 0 Å². The average Bonchev–Trinajstić information content (AvgIpc) is 2.10. The Kier molecular flexibility index (Phi) is 5.49. The number of aliphatic hydroxyl groups is 1. The molecule has 2 N–H and O–H groups in total. The minimum absolute atomic E-state index is 0.155. The van der Waals surface area contributed by atoms with Crippen LogP contribution >= 0.6 is 0 Å². The standard InChI is InChI=1S/C7H10O6/c1-5(8)4-12-6(9)2-3-7(10)13-11/h2-3,5,8,11H,4H2,1H3/b3-2-. The first-order valence-corrected chi connectivity index (χ1v) is 3.44. The van der Waals surface area contributed by atoms with Gasteiger partial charge in [-0.1, -0.05) is 0 Å². The predicted octanol–water partition coefficient (Wildman–Crippen LogP) is -0.517. The van der Waals surface area contributed by atoms with E-state index in [1.807, 2.05) is 0 Å². The molecule has 0 saturated carbocycles. The molecule has 13 heavy (non-hydrogen) atoms. The van der Waals surface area contributed by atoms with Crippen molar-refractivity contribution in [3.05, 3.63) is 12.2 Å². The second-order valence-electron chi connectivity index (χ2n) is 2.22. The van der Waals surface area contributed by atoms with Gasteiger partial charge in [0.1, 0.15) is 6.61 Å². The molecular formula is C7H10O6. The molecule has 0 aliphatic rings. The summed E-state index contributed by atoms with van der Waals surface area (Å²) in [6.07, 6.45) is 0.716. The average molecular weight is 190 g/mol. The van der Waals surface area contributed by atoms with Crippen LogP contribution in [0.3, 0.4) is 0 Å². The number of carbonyl (C=O) groups excluding carboxylic acids is 2. The van der Waals surface area contributed by atoms with Gasteiger partial charge >= 0.3 is 11.9 Å². The van der Waals surface area contributed by atoms with Crippen molar-refractivity contribution in [2.75, 3.05) is 6.61 Å². The summed E-state index contributed by atoms with van der Waals surface area (Å²) in [5, 5.41) is 16.5. The second-order valence-corrected chi connectivity index (χ2v) is 2.22. The first kappa shape index (κ1) is 11.6. The summed E-state index contributed by atoms with van der Waals surface area (Å²) in [5.41, 5.74) is 0. The van der Waals surface area contributed by atoms with Crippen LogP contribution in [0.4, 0.5) is 0 Å². The van der Waals surface area contributed by atoms with Crippen LogP contribution in [0.5, 0.6) is 0 Å². The van der Waals surface area contributed by atoms with Gasteiger partial charge in [0.25, 0.3) is 0 Å². The number of hydrogen-bond donors (Lipinski definition) is 2. The lowest BCUT2D eigenvalue weighted by Crippen LogP contribution is -2.13. The van der Waals surface area contributed by atoms with Crippen molar-refractivity contribution >= 4 is 11.9 Å². The molecular weight excluding hydrogens is 180 g/mol. The molecule has 6 nitrogen and oxygen atoms in total. The molecule has 0 aliphatic heterocycles. The summed E-state index contributed by atoms with van der Waals surface area (Å²) in [4.78, 5) is 24.1. The highest BCUT2D eigenvalue weighted by atomic mass is 17.1. The highest BCUT2D eigenvalue weighted by Gasteiger charge is 2.02. The zero-order chi connectivity index (χ0) is 10.3. The fourth-order valence-corrected chi connectivity index (χ4v) is 0.417. The second kappa shape index (κ2) is 6.15. The lowest BCUT2D eigenvalue weighted by atomic mass is 10.4. The van der Waals surface area contributed by atoms with Gasteiger partial charge in [-0.05, 0) is 6.92 Å². The molecule has 0 aromatic heterocycles. The van der Waals surface area contributed by atoms with Gasteiger partial charge in [0, 0.05) is 12.2 Å². The van der Waals surface area contributed by atoms with Gasteiger partial charge in [0.15, 0.2) is 0 Å². The maximum atomic E-state index is 10.7. The molecule has 0 radical (unpaired) electrons. The largest absolute Gasteiger partial charge is 0.460 e. The molecule has 0 rings (SSSR count). The minimum atomic E-state index is -1.08. The van der Waals surface area contributed by atoms with E-state index in [0.717, 1.165) is 6.08 Å². The Labute approximate surface area is 74.3 Å². The minimum Gasteiger partial charge on any atom is -0.460 e. The van der Waals surface area contributed by atoms with Crippen LogP contribution in [0.25, 0.3) is 0 Å². The van der Waals surface area contributed by atoms with Crippen molar-refractivity contribution in [3.8, 4) is 0 Å². The smallest absolute Gasteiger partial charge is 0.365 e. The summed E-state index contributed by atoms with van der Waals surface area (Å²) < 4.78 is 4.43. The van der Waals surface area contributed by atoms with Gasteiger partial charge in [-0.25, -0.2) is 9.59 Å². The Morgan fingerprint density at radius 1 is 1.38 bits per heavy atom. The number of esters is 1. The molecule has 74 valence electrons. The third kappa shape index (κ3) is 6.98. The van der Waals surface area contributed by atoms with E-state index in [2.05, 4.69) is 9.62 Å². The normalized spacial score (nSPS) is 12.5. The molecule has 1 unspecified atom stereocenters. The molecule has 0 spiro atoms. The van der Waals surface area contributed by atoms with E-state index in [1.54, 1.807) is 0 Å². The quantitative estimate of drug-likeness (QED) is 0.268. The molecule has 0 bridgehead atoms. The maximum absolute atomic E-state index is 10.7. The zero-order valence-electron chi connectivity index (χ0n) is 6.97. The van der Waals surface area contributed by atoms with Crippen molar-refractivity contribution in [1.82, 2.24) is 0 Å². The Balaban J connectivity index is 3.74. The summed E-state index contributed by atoms with van der Waals surface area (Å²) in [6.45, 7) is 1.29. The Bertz CT molecular complexity index is 207. The van der Waals surface area contributed by atoms with Crippen molar-refractivity contribution in [3.63, 3.8) is 0 Å². The SMILES string of the molecule is CC(O)COC(=O)/C=C\C(=O)OO. The van der Waals surface area contributed by atoms with Gasteiger partial charge in [0.2, 0.25) is 0 Å². The van der Waals surface area contributed by atoms with E-state index in [0.29, 0.717) is 6.08 Å². The predicted molar refractivity (Wildman–Crippen MR) is 40.5 cm³/mol. The molecule has 0 aromatic carbocycles. The molecule has 0 heterocycles. The first-order chi connectivity index (χ1) is 6.06. The highest BCUT2D eigenvalue weighted by Crippen LogP contribution is 1.87. The van der Waals surface area contributed by atoms with Crippen LogP contribution in [-0.2, 0) is 19.2 Å². The van der Waals surface area contributed by atoms with Gasteiger partial charge in [-0.3, -0.25) is 4.89 Å². The van der Waals surface area contributed by atoms with E-state index in [1.165, 1.54) is 6.92 Å². The van der Waals surface area contributed by atoms with Crippen LogP contribution < -0.4 is 0 Å². The lowest BCUT2D eigenvalue weighted by molar-refractivity contribution is -0.228.